The lowest BCUT2D eigenvalue weighted by Crippen LogP contribution is -2.75. The van der Waals surface area contributed by atoms with Gasteiger partial charge in [-0.15, -0.1) is 0 Å². The van der Waals surface area contributed by atoms with Crippen LogP contribution >= 0.6 is 22.6 Å². The van der Waals surface area contributed by atoms with Crippen molar-refractivity contribution in [2.24, 2.45) is 0 Å². The Morgan fingerprint density at radius 3 is 2.40 bits per heavy atom. The first-order chi connectivity index (χ1) is 9.25. The van der Waals surface area contributed by atoms with Crippen LogP contribution in [0.3, 0.4) is 0 Å². The Balaban J connectivity index is 3.05. The second-order valence-electron chi connectivity index (χ2n) is 4.38. The van der Waals surface area contributed by atoms with E-state index in [-0.39, 0.29) is 4.43 Å². The zero-order chi connectivity index (χ0) is 15.5. The summed E-state index contributed by atoms with van der Waals surface area (Å²) in [6.45, 7) is 0.450. The number of carbonyl (C=O) groups excluding carboxylic acids is 2. The zero-order valence-electron chi connectivity index (χ0n) is 10.6. The summed E-state index contributed by atoms with van der Waals surface area (Å²) in [5, 5.41) is 43.4. The molecule has 0 aromatic heterocycles. The van der Waals surface area contributed by atoms with Crippen LogP contribution in [0.15, 0.2) is 0 Å². The number of carbonyl (C=O) groups is 2. The second-order valence-corrected chi connectivity index (χ2v) is 5.14. The molecule has 1 rings (SSSR count). The van der Waals surface area contributed by atoms with Gasteiger partial charge in [-0.05, 0) is 0 Å². The molecule has 6 N–H and O–H groups in total. The van der Waals surface area contributed by atoms with Crippen molar-refractivity contribution in [1.82, 2.24) is 10.6 Å². The highest BCUT2D eigenvalue weighted by Crippen LogP contribution is 2.26. The van der Waals surface area contributed by atoms with Crippen LogP contribution in [0.25, 0.3) is 0 Å². The Morgan fingerprint density at radius 1 is 1.35 bits per heavy atom. The van der Waals surface area contributed by atoms with Crippen LogP contribution in [0.2, 0.25) is 0 Å². The van der Waals surface area contributed by atoms with Gasteiger partial charge in [-0.3, -0.25) is 9.59 Å². The average molecular weight is 404 g/mol. The van der Waals surface area contributed by atoms with Gasteiger partial charge in [-0.25, -0.2) is 0 Å². The summed E-state index contributed by atoms with van der Waals surface area (Å²) in [6.07, 6.45) is -4.48. The average Bonchev–Trinajstić information content (AvgIpc) is 2.38. The molecule has 5 atom stereocenters. The second kappa shape index (κ2) is 6.95. The normalized spacial score (nSPS) is 37.3. The summed E-state index contributed by atoms with van der Waals surface area (Å²) >= 11 is 1.75. The molecule has 1 heterocycles. The summed E-state index contributed by atoms with van der Waals surface area (Å²) in [7, 11) is 0. The Hall–Kier alpha value is -0.530. The van der Waals surface area contributed by atoms with Gasteiger partial charge in [0.05, 0.1) is 11.0 Å². The van der Waals surface area contributed by atoms with Gasteiger partial charge in [0.25, 0.3) is 5.91 Å². The van der Waals surface area contributed by atoms with Crippen molar-refractivity contribution in [1.29, 1.82) is 0 Å². The largest absolute Gasteiger partial charge is 0.394 e. The van der Waals surface area contributed by atoms with Crippen LogP contribution in [0, 0.1) is 0 Å². The first-order valence-corrected chi connectivity index (χ1v) is 7.29. The fraction of sp³-hybridized carbons (Fsp3) is 0.800. The van der Waals surface area contributed by atoms with Crippen molar-refractivity contribution < 1.29 is 34.8 Å². The molecule has 2 amide bonds. The molecule has 0 aliphatic carbocycles. The number of halogens is 1. The van der Waals surface area contributed by atoms with Gasteiger partial charge in [0.2, 0.25) is 11.8 Å². The highest BCUT2D eigenvalue weighted by molar-refractivity contribution is 14.1. The molecule has 10 heteroatoms. The Kier molecular flexibility index (Phi) is 6.09. The highest BCUT2D eigenvalue weighted by atomic mass is 127. The molecule has 1 aliphatic rings. The summed E-state index contributed by atoms with van der Waals surface area (Å²) in [5.41, 5.74) is 0. The van der Waals surface area contributed by atoms with Crippen molar-refractivity contribution in [3.8, 4) is 0 Å². The van der Waals surface area contributed by atoms with Crippen molar-refractivity contribution >= 4 is 34.4 Å². The third-order valence-corrected chi connectivity index (χ3v) is 3.50. The smallest absolute Gasteiger partial charge is 0.273 e. The molecule has 1 saturated heterocycles. The summed E-state index contributed by atoms with van der Waals surface area (Å²) in [6, 6.07) is -1.48. The Bertz CT molecular complexity index is 383. The number of alkyl halides is 1. The van der Waals surface area contributed by atoms with E-state index in [4.69, 9.17) is 9.84 Å². The quantitative estimate of drug-likeness (QED) is 0.164. The molecular formula is C10H17IN2O7. The number of rotatable bonds is 4. The van der Waals surface area contributed by atoms with Crippen LogP contribution < -0.4 is 10.6 Å². The van der Waals surface area contributed by atoms with Crippen molar-refractivity contribution in [2.45, 2.75) is 37.2 Å². The summed E-state index contributed by atoms with van der Waals surface area (Å²) in [4.78, 5) is 22.5. The number of amides is 2. The number of aliphatic hydroxyl groups excluding tert-OH is 3. The predicted octanol–water partition coefficient (Wildman–Crippen LogP) is -3.20. The van der Waals surface area contributed by atoms with E-state index in [1.165, 1.54) is 0 Å². The van der Waals surface area contributed by atoms with E-state index in [2.05, 4.69) is 10.6 Å². The summed E-state index contributed by atoms with van der Waals surface area (Å²) < 4.78 is 5.04. The highest BCUT2D eigenvalue weighted by Gasteiger charge is 2.54. The molecule has 1 fully saturated rings. The topological polar surface area (TPSA) is 148 Å². The molecule has 0 aromatic rings. The molecule has 0 saturated carbocycles. The van der Waals surface area contributed by atoms with Crippen LogP contribution in [-0.2, 0) is 14.3 Å². The minimum absolute atomic E-state index is 0.00133. The standard InChI is InChI=1S/C10H17IN2O7/c1-4(15)12-9-8(18)7(17)5(3-14)20-10(9,19)13-6(16)2-11/h5,7-9,14,17-19H,2-3H2,1H3,(H,12,15)(H,13,16)/t5-,7-,8+,9-,10?/m1/s1. The molecule has 116 valence electrons. The molecule has 0 bridgehead atoms. The minimum Gasteiger partial charge on any atom is -0.394 e. The van der Waals surface area contributed by atoms with Crippen molar-refractivity contribution in [3.05, 3.63) is 0 Å². The van der Waals surface area contributed by atoms with Gasteiger partial charge in [0, 0.05) is 6.92 Å². The maximum Gasteiger partial charge on any atom is 0.273 e. The molecule has 20 heavy (non-hydrogen) atoms. The molecule has 0 aromatic carbocycles. The van der Waals surface area contributed by atoms with Crippen molar-refractivity contribution in [3.63, 3.8) is 0 Å². The first-order valence-electron chi connectivity index (χ1n) is 5.76. The van der Waals surface area contributed by atoms with Gasteiger partial charge < -0.3 is 35.8 Å². The summed E-state index contributed by atoms with van der Waals surface area (Å²) in [5.74, 6) is -3.64. The van der Waals surface area contributed by atoms with Gasteiger partial charge in [-0.2, -0.15) is 0 Å². The number of nitrogens with one attached hydrogen (secondary N) is 2. The van der Waals surface area contributed by atoms with Gasteiger partial charge in [-0.1, -0.05) is 22.6 Å². The van der Waals surface area contributed by atoms with E-state index >= 15 is 0 Å². The Labute approximate surface area is 128 Å². The van der Waals surface area contributed by atoms with Gasteiger partial charge >= 0.3 is 0 Å². The lowest BCUT2D eigenvalue weighted by Gasteiger charge is -2.47. The number of hydrogen-bond acceptors (Lipinski definition) is 7. The van der Waals surface area contributed by atoms with Crippen molar-refractivity contribution in [2.75, 3.05) is 11.0 Å². The fourth-order valence-corrected chi connectivity index (χ4v) is 2.10. The van der Waals surface area contributed by atoms with E-state index in [0.29, 0.717) is 0 Å². The SMILES string of the molecule is CC(=O)N[C@@H]1[C@@H](O)[C@H](O)[C@@H](CO)OC1(O)NC(=O)CI. The Morgan fingerprint density at radius 2 is 1.95 bits per heavy atom. The van der Waals surface area contributed by atoms with Gasteiger partial charge in [0.15, 0.2) is 0 Å². The van der Waals surface area contributed by atoms with Gasteiger partial charge in [0.1, 0.15) is 24.4 Å². The lowest BCUT2D eigenvalue weighted by molar-refractivity contribution is -0.328. The lowest BCUT2D eigenvalue weighted by atomic mass is 9.94. The third-order valence-electron chi connectivity index (χ3n) is 2.80. The van der Waals surface area contributed by atoms with Crippen LogP contribution in [0.1, 0.15) is 6.92 Å². The fourth-order valence-electron chi connectivity index (χ4n) is 1.91. The molecule has 1 aliphatic heterocycles. The number of aliphatic hydroxyl groups is 4. The third kappa shape index (κ3) is 3.77. The van der Waals surface area contributed by atoms with Crippen LogP contribution in [0.4, 0.5) is 0 Å². The first kappa shape index (κ1) is 17.5. The molecular weight excluding hydrogens is 387 g/mol. The molecule has 9 nitrogen and oxygen atoms in total. The maximum atomic E-state index is 11.4. The van der Waals surface area contributed by atoms with E-state index in [1.807, 2.05) is 0 Å². The van der Waals surface area contributed by atoms with Crippen LogP contribution in [0.5, 0.6) is 0 Å². The van der Waals surface area contributed by atoms with E-state index in [0.717, 1.165) is 6.92 Å². The van der Waals surface area contributed by atoms with E-state index < -0.39 is 48.7 Å². The van der Waals surface area contributed by atoms with E-state index in [1.54, 1.807) is 22.6 Å². The molecule has 0 spiro atoms. The number of hydrogen-bond donors (Lipinski definition) is 6. The maximum absolute atomic E-state index is 11.4. The predicted molar refractivity (Wildman–Crippen MR) is 73.6 cm³/mol. The monoisotopic (exact) mass is 404 g/mol. The zero-order valence-corrected chi connectivity index (χ0v) is 12.8. The minimum atomic E-state index is -2.43. The van der Waals surface area contributed by atoms with Crippen LogP contribution in [-0.4, -0.2) is 73.5 Å². The molecule has 0 radical (unpaired) electrons. The van der Waals surface area contributed by atoms with E-state index in [9.17, 15) is 24.9 Å². The molecule has 1 unspecified atom stereocenters. The number of ether oxygens (including phenoxy) is 1.